The summed E-state index contributed by atoms with van der Waals surface area (Å²) in [5, 5.41) is 68.9. The van der Waals surface area contributed by atoms with E-state index in [9.17, 15) is 40.9 Å². The van der Waals surface area contributed by atoms with Gasteiger partial charge in [-0.25, -0.2) is 4.79 Å². The van der Waals surface area contributed by atoms with Crippen molar-refractivity contribution in [3.63, 3.8) is 0 Å². The topological polar surface area (TPSA) is 331 Å². The van der Waals surface area contributed by atoms with Crippen LogP contribution in [0.4, 0.5) is 38.9 Å². The van der Waals surface area contributed by atoms with E-state index >= 15 is 0 Å². The van der Waals surface area contributed by atoms with Crippen molar-refractivity contribution in [2.45, 2.75) is 9.79 Å². The minimum Gasteiger partial charge on any atom is -0.505 e. The number of aliphatic hydroxyl groups excluding tert-OH is 3. The number of benzene rings is 6. The smallest absolute Gasteiger partial charge is 0.505 e. The van der Waals surface area contributed by atoms with Crippen molar-refractivity contribution in [2.75, 3.05) is 89.7 Å². The zero-order valence-corrected chi connectivity index (χ0v) is 41.5. The van der Waals surface area contributed by atoms with Crippen molar-refractivity contribution in [2.24, 2.45) is 20.5 Å². The molecule has 6 aromatic rings. The molecule has 25 heteroatoms. The third-order valence-electron chi connectivity index (χ3n) is 9.58. The summed E-state index contributed by atoms with van der Waals surface area (Å²) in [6.45, 7) is 4.92. The number of nitrogens with one attached hydrogen (secondary N) is 2. The Morgan fingerprint density at radius 2 is 0.871 bits per heavy atom. The monoisotopic (exact) mass is 1020 g/mol. The molecule has 0 heterocycles. The third-order valence-corrected chi connectivity index (χ3v) is 11.3. The van der Waals surface area contributed by atoms with E-state index in [4.69, 9.17) is 29.5 Å². The number of phenols is 2. The van der Waals surface area contributed by atoms with Crippen molar-refractivity contribution < 1.29 is 100 Å². The van der Waals surface area contributed by atoms with Crippen LogP contribution >= 0.6 is 0 Å². The fourth-order valence-corrected chi connectivity index (χ4v) is 7.68. The molecule has 368 valence electrons. The molecule has 0 fully saturated rings. The van der Waals surface area contributed by atoms with Gasteiger partial charge >= 0.3 is 35.6 Å². The van der Waals surface area contributed by atoms with Gasteiger partial charge in [0.2, 0.25) is 0 Å². The molecule has 0 radical (unpaired) electrons. The third kappa shape index (κ3) is 17.4. The number of phenolic OH excluding ortho intramolecular Hbond substituents is 2. The van der Waals surface area contributed by atoms with Gasteiger partial charge in [-0.2, -0.15) is 27.1 Å². The molecule has 22 nitrogen and oxygen atoms in total. The van der Waals surface area contributed by atoms with Gasteiger partial charge in [0.05, 0.1) is 70.8 Å². The normalized spacial score (nSPS) is 11.8. The van der Waals surface area contributed by atoms with Crippen molar-refractivity contribution in [1.29, 1.82) is 0 Å². The van der Waals surface area contributed by atoms with Gasteiger partial charge in [-0.1, -0.05) is 36.4 Å². The van der Waals surface area contributed by atoms with Gasteiger partial charge in [0.1, 0.15) is 21.2 Å². The number of carbonyl (C=O) groups excluding carboxylic acids is 1. The average Bonchev–Trinajstić information content (AvgIpc) is 3.32. The van der Waals surface area contributed by atoms with E-state index in [-0.39, 0.29) is 82.3 Å². The first-order chi connectivity index (χ1) is 33.1. The summed E-state index contributed by atoms with van der Waals surface area (Å²) in [7, 11) is -9.75. The van der Waals surface area contributed by atoms with Gasteiger partial charge in [0.15, 0.2) is 11.5 Å². The van der Waals surface area contributed by atoms with Crippen molar-refractivity contribution in [3.05, 3.63) is 109 Å². The number of carbonyl (C=O) groups is 1. The van der Waals surface area contributed by atoms with E-state index in [2.05, 4.69) is 36.0 Å². The quantitative estimate of drug-likeness (QED) is 0.0191. The van der Waals surface area contributed by atoms with E-state index < -0.39 is 58.9 Å². The summed E-state index contributed by atoms with van der Waals surface area (Å²) in [4.78, 5) is 13.6. The summed E-state index contributed by atoms with van der Waals surface area (Å²) in [6, 6.07) is 26.4. The Labute approximate surface area is 425 Å². The molecule has 9 N–H and O–H groups in total. The van der Waals surface area contributed by atoms with Gasteiger partial charge in [-0.05, 0) is 83.6 Å². The molecular weight excluding hydrogens is 966 g/mol. The van der Waals surface area contributed by atoms with Crippen LogP contribution in [0.3, 0.4) is 0 Å². The van der Waals surface area contributed by atoms with Crippen molar-refractivity contribution >= 4 is 81.9 Å². The van der Waals surface area contributed by atoms with Crippen LogP contribution in [0.15, 0.2) is 139 Å². The van der Waals surface area contributed by atoms with Crippen LogP contribution in [0.2, 0.25) is 0 Å². The fourth-order valence-electron chi connectivity index (χ4n) is 6.36. The van der Waals surface area contributed by atoms with Crippen LogP contribution in [0.5, 0.6) is 11.5 Å². The number of hydrogen-bond acceptors (Lipinski definition) is 18. The maximum atomic E-state index is 12.9. The number of amides is 2. The van der Waals surface area contributed by atoms with Crippen LogP contribution in [0.25, 0.3) is 21.5 Å². The Morgan fingerprint density at radius 3 is 1.20 bits per heavy atom. The van der Waals surface area contributed by atoms with E-state index in [0.717, 1.165) is 31.8 Å². The van der Waals surface area contributed by atoms with Gasteiger partial charge < -0.3 is 50.4 Å². The average molecular weight is 1020 g/mol. The van der Waals surface area contributed by atoms with Crippen LogP contribution in [-0.2, 0) is 34.4 Å². The summed E-state index contributed by atoms with van der Waals surface area (Å²) < 4.78 is 84.3. The van der Waals surface area contributed by atoms with E-state index in [1.165, 1.54) is 36.4 Å². The molecule has 70 heavy (non-hydrogen) atoms. The predicted octanol–water partition coefficient (Wildman–Crippen LogP) is 3.69. The first-order valence-electron chi connectivity index (χ1n) is 21.0. The second kappa shape index (κ2) is 28.3. The van der Waals surface area contributed by atoms with E-state index in [1.807, 2.05) is 0 Å². The molecule has 0 aliphatic heterocycles. The molecule has 0 atom stereocenters. The fraction of sp³-hybridized carbons (Fsp3) is 0.267. The Morgan fingerprint density at radius 1 is 0.514 bits per heavy atom. The molecule has 0 bridgehead atoms. The molecule has 0 saturated carbocycles. The first kappa shape index (κ1) is 57.0. The molecule has 0 unspecified atom stereocenters. The summed E-state index contributed by atoms with van der Waals surface area (Å²) in [6.07, 6.45) is 0. The van der Waals surface area contributed by atoms with E-state index in [0.29, 0.717) is 51.0 Å². The number of urea groups is 1. The number of aliphatic hydroxyl groups is 3. The molecule has 0 aliphatic carbocycles. The summed E-state index contributed by atoms with van der Waals surface area (Å²) in [5.41, 5.74) is 0.109. The first-order valence-corrected chi connectivity index (χ1v) is 23.8. The van der Waals surface area contributed by atoms with Crippen molar-refractivity contribution in [1.82, 2.24) is 4.90 Å². The predicted molar refractivity (Wildman–Crippen MR) is 255 cm³/mol. The Balaban J connectivity index is 0.000000453. The maximum absolute atomic E-state index is 12.9. The van der Waals surface area contributed by atoms with Crippen LogP contribution in [0, 0.1) is 0 Å². The van der Waals surface area contributed by atoms with Gasteiger partial charge in [0, 0.05) is 41.8 Å². The molecule has 0 aliphatic rings. The molecule has 0 saturated heterocycles. The molecule has 0 spiro atoms. The number of nitrogens with zero attached hydrogens (tertiary/aromatic N) is 5. The second-order valence-corrected chi connectivity index (χ2v) is 17.2. The summed E-state index contributed by atoms with van der Waals surface area (Å²) >= 11 is 0. The number of hydrogen-bond donors (Lipinski definition) is 9. The molecule has 0 aromatic heterocycles. The largest absolute Gasteiger partial charge is 1.00 e. The Bertz CT molecular complexity index is 2730. The van der Waals surface area contributed by atoms with E-state index in [1.54, 1.807) is 60.7 Å². The van der Waals surface area contributed by atoms with Gasteiger partial charge in [-0.15, -0.1) is 10.2 Å². The maximum Gasteiger partial charge on any atom is 1.00 e. The second-order valence-electron chi connectivity index (χ2n) is 14.5. The molecule has 6 aromatic carbocycles. The SMILES string of the molecule is O=C(Nc1ccc2c(O)c(N=Nc3ccccc3)c(S(=O)(=O)O)cc2c1)Nc1ccc2c(O)c(N=Nc3ccccc3)c(S(=O)(=O)O)cc2c1.OCCOCCN(CCOCCO)CCOCCO.[Na+]. The number of ether oxygens (including phenoxy) is 3. The number of rotatable bonds is 23. The molecule has 6 rings (SSSR count). The number of fused-ring (bicyclic) bond motifs is 2. The summed E-state index contributed by atoms with van der Waals surface area (Å²) in [5.74, 6) is -1.14. The number of anilines is 2. The van der Waals surface area contributed by atoms with Gasteiger partial charge in [0.25, 0.3) is 20.2 Å². The zero-order chi connectivity index (χ0) is 49.8. The standard InChI is InChI=1S/C33H24N6O9S2.C12H27NO6.Na/c40-31-25-13-11-23(15-19(25)17-27(49(43,44)45)29(31)38-36-21-7-3-1-4-8-21)34-33(42)35-24-12-14-26-20(16-24)18-28(50(46,47)48)30(32(26)41)39-37-22-9-5-2-6-10-22;14-4-10-17-7-1-13(2-8-18-11-5-15)3-9-19-12-6-16;/h1-18,40-41H,(H2,34,35,42)(H,43,44,45)(H,46,47,48);14-16H,1-12H2;/q;;+1. The number of azo groups is 2. The van der Waals surface area contributed by atoms with Crippen LogP contribution in [-0.4, -0.2) is 142 Å². The zero-order valence-electron chi connectivity index (χ0n) is 37.8. The molecule has 2 amide bonds. The van der Waals surface area contributed by atoms with Crippen molar-refractivity contribution in [3.8, 4) is 11.5 Å². The molecular formula is C45H51N7NaO15S2+. The minimum absolute atomic E-state index is 0. The van der Waals surface area contributed by atoms with Crippen LogP contribution in [0.1, 0.15) is 0 Å². The Kier molecular flexibility index (Phi) is 23.1. The van der Waals surface area contributed by atoms with Crippen LogP contribution < -0.4 is 40.2 Å². The van der Waals surface area contributed by atoms with Gasteiger partial charge in [-0.3, -0.25) is 14.0 Å². The minimum atomic E-state index is -4.88. The number of aromatic hydroxyl groups is 2. The Hall–Kier alpha value is -5.55.